The third-order valence-corrected chi connectivity index (χ3v) is 5.97. The maximum Gasteiger partial charge on any atom is 0.321 e. The van der Waals surface area contributed by atoms with E-state index in [1.165, 1.54) is 29.8 Å². The summed E-state index contributed by atoms with van der Waals surface area (Å²) in [5.74, 6) is -0.264. The number of anilines is 1. The van der Waals surface area contributed by atoms with Crippen LogP contribution in [0.2, 0.25) is 0 Å². The topological polar surface area (TPSA) is 44.4 Å². The Morgan fingerprint density at radius 1 is 0.867 bits per heavy atom. The minimum atomic E-state index is -0.375. The molecule has 2 bridgehead atoms. The van der Waals surface area contributed by atoms with Gasteiger partial charge in [-0.15, -0.1) is 0 Å². The molecule has 3 aromatic carbocycles. The van der Waals surface area contributed by atoms with E-state index in [0.717, 1.165) is 11.1 Å². The first kappa shape index (κ1) is 18.8. The summed E-state index contributed by atoms with van der Waals surface area (Å²) in [5.41, 5.74) is 3.72. The molecule has 0 aromatic heterocycles. The number of piperidine rings is 1. The van der Waals surface area contributed by atoms with Crippen molar-refractivity contribution in [2.75, 3.05) is 18.4 Å². The van der Waals surface area contributed by atoms with E-state index in [4.69, 9.17) is 0 Å². The van der Waals surface area contributed by atoms with Gasteiger partial charge in [-0.05, 0) is 47.0 Å². The highest BCUT2D eigenvalue weighted by Crippen LogP contribution is 2.37. The van der Waals surface area contributed by atoms with Crippen molar-refractivity contribution < 1.29 is 13.6 Å². The average molecular weight is 405 g/mol. The highest BCUT2D eigenvalue weighted by atomic mass is 19.1. The standard InChI is InChI=1S/C24H21F2N3O/c25-18-10-8-16(9-11-18)15-4-6-17(7-5-15)23-21-13-29(14-22(23)28-21)24(30)27-20-3-1-2-19(26)12-20/h1-12,21-23,28H,13-14H2,(H,27,30)/t21-,22+,23?. The normalized spacial score (nSPS) is 22.3. The van der Waals surface area contributed by atoms with Crippen LogP contribution < -0.4 is 10.6 Å². The fourth-order valence-corrected chi connectivity index (χ4v) is 4.47. The fourth-order valence-electron chi connectivity index (χ4n) is 4.47. The van der Waals surface area contributed by atoms with Crippen molar-refractivity contribution in [2.45, 2.75) is 18.0 Å². The predicted molar refractivity (Wildman–Crippen MR) is 112 cm³/mol. The smallest absolute Gasteiger partial charge is 0.321 e. The van der Waals surface area contributed by atoms with Crippen molar-refractivity contribution >= 4 is 11.7 Å². The minimum absolute atomic E-state index is 0.193. The summed E-state index contributed by atoms with van der Waals surface area (Å²) in [6.45, 7) is 1.20. The molecule has 1 unspecified atom stereocenters. The summed E-state index contributed by atoms with van der Waals surface area (Å²) in [7, 11) is 0. The number of carbonyl (C=O) groups excluding carboxylic acids is 1. The third-order valence-electron chi connectivity index (χ3n) is 5.97. The van der Waals surface area contributed by atoms with Crippen molar-refractivity contribution in [3.05, 3.63) is 90.0 Å². The number of rotatable bonds is 3. The van der Waals surface area contributed by atoms with Crippen LogP contribution in [0, 0.1) is 11.6 Å². The largest absolute Gasteiger partial charge is 0.321 e. The highest BCUT2D eigenvalue weighted by molar-refractivity contribution is 5.89. The Morgan fingerprint density at radius 3 is 2.13 bits per heavy atom. The lowest BCUT2D eigenvalue weighted by molar-refractivity contribution is 0.0759. The maximum atomic E-state index is 13.3. The van der Waals surface area contributed by atoms with Gasteiger partial charge < -0.3 is 15.5 Å². The number of hydrogen-bond donors (Lipinski definition) is 2. The molecule has 3 heterocycles. The molecule has 6 heteroatoms. The summed E-state index contributed by atoms with van der Waals surface area (Å²) in [6, 6.07) is 20.9. The number of nitrogens with one attached hydrogen (secondary N) is 2. The van der Waals surface area contributed by atoms with Crippen LogP contribution in [-0.4, -0.2) is 36.1 Å². The number of carbonyl (C=O) groups is 1. The number of urea groups is 1. The molecule has 6 rings (SSSR count). The van der Waals surface area contributed by atoms with Gasteiger partial charge in [0, 0.05) is 36.8 Å². The summed E-state index contributed by atoms with van der Waals surface area (Å²) in [4.78, 5) is 14.3. The SMILES string of the molecule is O=C(Nc1cccc(F)c1)N1C[C@@H]2N[C@H](C1)C2c1ccc(-c2ccc(F)cc2)cc1. The Morgan fingerprint density at radius 2 is 1.50 bits per heavy atom. The van der Waals surface area contributed by atoms with Gasteiger partial charge in [-0.1, -0.05) is 42.5 Å². The van der Waals surface area contributed by atoms with Crippen LogP contribution in [0.25, 0.3) is 11.1 Å². The van der Waals surface area contributed by atoms with Gasteiger partial charge >= 0.3 is 6.03 Å². The lowest BCUT2D eigenvalue weighted by Gasteiger charge is -2.54. The second-order valence-electron chi connectivity index (χ2n) is 7.88. The summed E-state index contributed by atoms with van der Waals surface area (Å²) in [5, 5.41) is 6.29. The van der Waals surface area contributed by atoms with Gasteiger partial charge in [0.15, 0.2) is 0 Å². The molecule has 3 aliphatic heterocycles. The number of amides is 2. The molecule has 3 saturated heterocycles. The molecule has 152 valence electrons. The number of piperazine rings is 1. The fraction of sp³-hybridized carbons (Fsp3) is 0.208. The molecule has 3 aliphatic rings. The van der Waals surface area contributed by atoms with E-state index < -0.39 is 0 Å². The quantitative estimate of drug-likeness (QED) is 0.669. The molecular formula is C24H21F2N3O. The minimum Gasteiger partial charge on any atom is -0.321 e. The lowest BCUT2D eigenvalue weighted by Crippen LogP contribution is -2.72. The number of hydrogen-bond acceptors (Lipinski definition) is 2. The summed E-state index contributed by atoms with van der Waals surface area (Å²) >= 11 is 0. The molecule has 2 N–H and O–H groups in total. The number of benzene rings is 3. The van der Waals surface area contributed by atoms with E-state index in [2.05, 4.69) is 34.9 Å². The lowest BCUT2D eigenvalue weighted by atomic mass is 9.74. The van der Waals surface area contributed by atoms with Crippen LogP contribution in [0.3, 0.4) is 0 Å². The Hall–Kier alpha value is -3.25. The second kappa shape index (κ2) is 7.54. The zero-order valence-corrected chi connectivity index (χ0v) is 16.2. The molecule has 0 spiro atoms. The third kappa shape index (κ3) is 3.55. The molecule has 3 aromatic rings. The molecule has 4 nitrogen and oxygen atoms in total. The van der Waals surface area contributed by atoms with E-state index in [-0.39, 0.29) is 29.7 Å². The van der Waals surface area contributed by atoms with Crippen LogP contribution in [-0.2, 0) is 0 Å². The van der Waals surface area contributed by atoms with Crippen molar-refractivity contribution in [3.8, 4) is 11.1 Å². The first-order valence-corrected chi connectivity index (χ1v) is 10.0. The second-order valence-corrected chi connectivity index (χ2v) is 7.88. The molecule has 3 atom stereocenters. The van der Waals surface area contributed by atoms with Crippen molar-refractivity contribution in [1.82, 2.24) is 10.2 Å². The van der Waals surface area contributed by atoms with Gasteiger partial charge in [0.25, 0.3) is 0 Å². The van der Waals surface area contributed by atoms with Crippen LogP contribution in [0.15, 0.2) is 72.8 Å². The van der Waals surface area contributed by atoms with Gasteiger partial charge in [-0.25, -0.2) is 13.6 Å². The first-order chi connectivity index (χ1) is 14.6. The molecule has 0 aliphatic carbocycles. The molecule has 2 amide bonds. The first-order valence-electron chi connectivity index (χ1n) is 10.0. The number of halogens is 2. The van der Waals surface area contributed by atoms with E-state index in [0.29, 0.717) is 24.7 Å². The van der Waals surface area contributed by atoms with Crippen LogP contribution >= 0.6 is 0 Å². The molecule has 30 heavy (non-hydrogen) atoms. The van der Waals surface area contributed by atoms with Crippen LogP contribution in [0.1, 0.15) is 11.5 Å². The molecule has 3 fully saturated rings. The van der Waals surface area contributed by atoms with Crippen LogP contribution in [0.4, 0.5) is 19.3 Å². The van der Waals surface area contributed by atoms with Gasteiger partial charge in [0.05, 0.1) is 0 Å². The van der Waals surface area contributed by atoms with Crippen molar-refractivity contribution in [2.24, 2.45) is 0 Å². The number of nitrogens with zero attached hydrogens (tertiary/aromatic N) is 1. The predicted octanol–water partition coefficient (Wildman–Crippen LogP) is 4.60. The molecule has 0 saturated carbocycles. The maximum absolute atomic E-state index is 13.3. The highest BCUT2D eigenvalue weighted by Gasteiger charge is 2.48. The Labute approximate surface area is 173 Å². The van der Waals surface area contributed by atoms with Crippen molar-refractivity contribution in [1.29, 1.82) is 0 Å². The summed E-state index contributed by atoms with van der Waals surface area (Å²) < 4.78 is 26.5. The van der Waals surface area contributed by atoms with Gasteiger partial charge in [0.2, 0.25) is 0 Å². The average Bonchev–Trinajstić information content (AvgIpc) is 2.75. The van der Waals surface area contributed by atoms with Gasteiger partial charge in [-0.3, -0.25) is 0 Å². The van der Waals surface area contributed by atoms with Crippen molar-refractivity contribution in [3.63, 3.8) is 0 Å². The zero-order valence-electron chi connectivity index (χ0n) is 16.2. The van der Waals surface area contributed by atoms with Crippen LogP contribution in [0.5, 0.6) is 0 Å². The van der Waals surface area contributed by atoms with E-state index >= 15 is 0 Å². The van der Waals surface area contributed by atoms with Gasteiger partial charge in [0.1, 0.15) is 11.6 Å². The zero-order chi connectivity index (χ0) is 20.7. The van der Waals surface area contributed by atoms with E-state index in [9.17, 15) is 13.6 Å². The number of fused-ring (bicyclic) bond motifs is 2. The van der Waals surface area contributed by atoms with E-state index in [1.807, 2.05) is 0 Å². The Bertz CT molecular complexity index is 1060. The monoisotopic (exact) mass is 405 g/mol. The molecular weight excluding hydrogens is 384 g/mol. The van der Waals surface area contributed by atoms with E-state index in [1.54, 1.807) is 29.2 Å². The summed E-state index contributed by atoms with van der Waals surface area (Å²) in [6.07, 6.45) is 0. The van der Waals surface area contributed by atoms with Gasteiger partial charge in [-0.2, -0.15) is 0 Å². The Kier molecular flexibility index (Phi) is 4.71. The Balaban J connectivity index is 1.24. The molecule has 0 radical (unpaired) electrons.